The van der Waals surface area contributed by atoms with Crippen LogP contribution < -0.4 is 11.1 Å². The summed E-state index contributed by atoms with van der Waals surface area (Å²) in [5.74, 6) is 0.265. The molecule has 0 radical (unpaired) electrons. The molecule has 0 atom stereocenters. The van der Waals surface area contributed by atoms with Gasteiger partial charge in [-0.1, -0.05) is 43.4 Å². The van der Waals surface area contributed by atoms with Crippen LogP contribution in [0.1, 0.15) is 29.1 Å². The molecule has 0 aliphatic rings. The second-order valence-electron chi connectivity index (χ2n) is 4.69. The predicted octanol–water partition coefficient (Wildman–Crippen LogP) is 3.62. The Kier molecular flexibility index (Phi) is 3.85. The number of aryl methyl sites for hydroxylation is 1. The van der Waals surface area contributed by atoms with Crippen molar-refractivity contribution in [2.45, 2.75) is 20.8 Å². The first-order chi connectivity index (χ1) is 8.99. The summed E-state index contributed by atoms with van der Waals surface area (Å²) in [4.78, 5) is 16.7. The van der Waals surface area contributed by atoms with Gasteiger partial charge in [0.2, 0.25) is 0 Å². The van der Waals surface area contributed by atoms with Crippen molar-refractivity contribution in [2.75, 3.05) is 11.1 Å². The van der Waals surface area contributed by atoms with Gasteiger partial charge < -0.3 is 11.1 Å². The molecule has 0 fully saturated rings. The van der Waals surface area contributed by atoms with Gasteiger partial charge in [0.25, 0.3) is 0 Å². The quantitative estimate of drug-likeness (QED) is 0.836. The van der Waals surface area contributed by atoms with Crippen molar-refractivity contribution in [3.8, 4) is 0 Å². The van der Waals surface area contributed by atoms with Gasteiger partial charge in [-0.2, -0.15) is 0 Å². The van der Waals surface area contributed by atoms with E-state index in [-0.39, 0.29) is 11.7 Å². The standard InChI is InChI=1S/C14H17N3OS/c1-8(2)11(18)12-13(15)17-14(19-12)16-10-7-5-4-6-9(10)3/h4-8H,15H2,1-3H3,(H,16,17). The Hall–Kier alpha value is -1.88. The lowest BCUT2D eigenvalue weighted by atomic mass is 10.1. The third-order valence-corrected chi connectivity index (χ3v) is 3.79. The lowest BCUT2D eigenvalue weighted by molar-refractivity contribution is 0.0944. The van der Waals surface area contributed by atoms with E-state index in [4.69, 9.17) is 5.73 Å². The summed E-state index contributed by atoms with van der Waals surface area (Å²) in [5.41, 5.74) is 7.90. The number of Topliss-reactive ketones (excluding diaryl/α,β-unsaturated/α-hetero) is 1. The number of hydrogen-bond donors (Lipinski definition) is 2. The Bertz CT molecular complexity index is 604. The molecule has 19 heavy (non-hydrogen) atoms. The molecule has 5 heteroatoms. The molecule has 100 valence electrons. The molecule has 0 saturated heterocycles. The van der Waals surface area contributed by atoms with Crippen molar-refractivity contribution in [3.05, 3.63) is 34.7 Å². The van der Waals surface area contributed by atoms with Gasteiger partial charge in [0.1, 0.15) is 10.7 Å². The highest BCUT2D eigenvalue weighted by molar-refractivity contribution is 7.18. The molecule has 0 amide bonds. The number of carbonyl (C=O) groups is 1. The van der Waals surface area contributed by atoms with E-state index in [2.05, 4.69) is 10.3 Å². The molecule has 0 saturated carbocycles. The summed E-state index contributed by atoms with van der Waals surface area (Å²) in [7, 11) is 0. The zero-order chi connectivity index (χ0) is 14.0. The van der Waals surface area contributed by atoms with Crippen molar-refractivity contribution < 1.29 is 4.79 Å². The fourth-order valence-corrected chi connectivity index (χ4v) is 2.64. The molecule has 1 aromatic heterocycles. The van der Waals surface area contributed by atoms with E-state index in [0.29, 0.717) is 15.8 Å². The van der Waals surface area contributed by atoms with Crippen molar-refractivity contribution in [2.24, 2.45) is 5.92 Å². The number of thiazole rings is 1. The Balaban J connectivity index is 2.26. The molecule has 1 aromatic carbocycles. The van der Waals surface area contributed by atoms with E-state index >= 15 is 0 Å². The number of ketones is 1. The first kappa shape index (κ1) is 13.5. The Morgan fingerprint density at radius 2 is 2.05 bits per heavy atom. The minimum absolute atomic E-state index is 0.0350. The van der Waals surface area contributed by atoms with Crippen LogP contribution >= 0.6 is 11.3 Å². The first-order valence-electron chi connectivity index (χ1n) is 6.12. The molecular formula is C14H17N3OS. The third kappa shape index (κ3) is 2.93. The summed E-state index contributed by atoms with van der Waals surface area (Å²) >= 11 is 1.30. The fourth-order valence-electron chi connectivity index (χ4n) is 1.65. The number of nitrogen functional groups attached to an aromatic ring is 1. The van der Waals surface area contributed by atoms with Crippen LogP contribution in [-0.4, -0.2) is 10.8 Å². The van der Waals surface area contributed by atoms with Crippen LogP contribution in [0.25, 0.3) is 0 Å². The summed E-state index contributed by atoms with van der Waals surface area (Å²) < 4.78 is 0. The Labute approximate surface area is 116 Å². The van der Waals surface area contributed by atoms with Crippen molar-refractivity contribution in [1.82, 2.24) is 4.98 Å². The molecule has 0 spiro atoms. The highest BCUT2D eigenvalue weighted by atomic mass is 32.1. The van der Waals surface area contributed by atoms with Gasteiger partial charge >= 0.3 is 0 Å². The van der Waals surface area contributed by atoms with Gasteiger partial charge in [0.05, 0.1) is 0 Å². The maximum Gasteiger partial charge on any atom is 0.189 e. The van der Waals surface area contributed by atoms with Crippen LogP contribution in [-0.2, 0) is 0 Å². The molecule has 0 aliphatic carbocycles. The van der Waals surface area contributed by atoms with Crippen molar-refractivity contribution >= 4 is 33.8 Å². The van der Waals surface area contributed by atoms with E-state index in [1.54, 1.807) is 0 Å². The number of aromatic nitrogens is 1. The molecule has 4 nitrogen and oxygen atoms in total. The number of carbonyl (C=O) groups excluding carboxylic acids is 1. The second-order valence-corrected chi connectivity index (χ2v) is 5.69. The van der Waals surface area contributed by atoms with Crippen LogP contribution in [0, 0.1) is 12.8 Å². The maximum atomic E-state index is 12.0. The molecular weight excluding hydrogens is 258 g/mol. The average molecular weight is 275 g/mol. The summed E-state index contributed by atoms with van der Waals surface area (Å²) in [6.07, 6.45) is 0. The minimum Gasteiger partial charge on any atom is -0.382 e. The Morgan fingerprint density at radius 3 is 2.68 bits per heavy atom. The van der Waals surface area contributed by atoms with Gasteiger partial charge in [-0.3, -0.25) is 4.79 Å². The van der Waals surface area contributed by atoms with Gasteiger partial charge in [-0.15, -0.1) is 0 Å². The first-order valence-corrected chi connectivity index (χ1v) is 6.94. The minimum atomic E-state index is -0.0749. The molecule has 3 N–H and O–H groups in total. The van der Waals surface area contributed by atoms with Crippen LogP contribution in [0.4, 0.5) is 16.6 Å². The number of hydrogen-bond acceptors (Lipinski definition) is 5. The summed E-state index contributed by atoms with van der Waals surface area (Å²) in [5, 5.41) is 3.85. The molecule has 2 rings (SSSR count). The van der Waals surface area contributed by atoms with Gasteiger partial charge in [-0.05, 0) is 18.6 Å². The largest absolute Gasteiger partial charge is 0.382 e. The van der Waals surface area contributed by atoms with Crippen molar-refractivity contribution in [1.29, 1.82) is 0 Å². The Morgan fingerprint density at radius 1 is 1.37 bits per heavy atom. The van der Waals surface area contributed by atoms with Gasteiger partial charge in [-0.25, -0.2) is 4.98 Å². The topological polar surface area (TPSA) is 68.0 Å². The highest BCUT2D eigenvalue weighted by Crippen LogP contribution is 2.30. The lowest BCUT2D eigenvalue weighted by Gasteiger charge is -2.05. The lowest BCUT2D eigenvalue weighted by Crippen LogP contribution is -2.07. The molecule has 0 bridgehead atoms. The SMILES string of the molecule is Cc1ccccc1Nc1nc(N)c(C(=O)C(C)C)s1. The van der Waals surface area contributed by atoms with E-state index in [1.807, 2.05) is 45.0 Å². The third-order valence-electron chi connectivity index (χ3n) is 2.79. The monoisotopic (exact) mass is 275 g/mol. The number of anilines is 3. The van der Waals surface area contributed by atoms with Gasteiger partial charge in [0, 0.05) is 11.6 Å². The van der Waals surface area contributed by atoms with E-state index in [9.17, 15) is 4.79 Å². The molecule has 0 unspecified atom stereocenters. The zero-order valence-corrected chi connectivity index (χ0v) is 12.0. The highest BCUT2D eigenvalue weighted by Gasteiger charge is 2.19. The van der Waals surface area contributed by atoms with Crippen LogP contribution in [0.2, 0.25) is 0 Å². The normalized spacial score (nSPS) is 10.7. The number of benzene rings is 1. The summed E-state index contributed by atoms with van der Waals surface area (Å²) in [6.45, 7) is 5.73. The molecule has 2 aromatic rings. The second kappa shape index (κ2) is 5.40. The number of para-hydroxylation sites is 1. The predicted molar refractivity (Wildman–Crippen MR) is 80.2 cm³/mol. The number of rotatable bonds is 4. The number of nitrogens with zero attached hydrogens (tertiary/aromatic N) is 1. The van der Waals surface area contributed by atoms with Crippen LogP contribution in [0.3, 0.4) is 0 Å². The average Bonchev–Trinajstić information content (AvgIpc) is 2.72. The smallest absolute Gasteiger partial charge is 0.189 e. The van der Waals surface area contributed by atoms with E-state index in [1.165, 1.54) is 11.3 Å². The fraction of sp³-hybridized carbons (Fsp3) is 0.286. The summed E-state index contributed by atoms with van der Waals surface area (Å²) in [6, 6.07) is 7.91. The van der Waals surface area contributed by atoms with Crippen molar-refractivity contribution in [3.63, 3.8) is 0 Å². The maximum absolute atomic E-state index is 12.0. The van der Waals surface area contributed by atoms with E-state index < -0.39 is 0 Å². The van der Waals surface area contributed by atoms with E-state index in [0.717, 1.165) is 11.3 Å². The van der Waals surface area contributed by atoms with Crippen LogP contribution in [0.15, 0.2) is 24.3 Å². The van der Waals surface area contributed by atoms with Gasteiger partial charge in [0.15, 0.2) is 10.9 Å². The van der Waals surface area contributed by atoms with Crippen LogP contribution in [0.5, 0.6) is 0 Å². The number of nitrogens with two attached hydrogens (primary N) is 1. The zero-order valence-electron chi connectivity index (χ0n) is 11.2. The molecule has 0 aliphatic heterocycles. The number of nitrogens with one attached hydrogen (secondary N) is 1. The molecule has 1 heterocycles.